The summed E-state index contributed by atoms with van der Waals surface area (Å²) in [5.41, 5.74) is 1.34. The predicted molar refractivity (Wildman–Crippen MR) is 83.0 cm³/mol. The summed E-state index contributed by atoms with van der Waals surface area (Å²) in [5, 5.41) is 3.35. The summed E-state index contributed by atoms with van der Waals surface area (Å²) in [6.45, 7) is 10.9. The molecule has 0 aromatic heterocycles. The zero-order chi connectivity index (χ0) is 14.1. The van der Waals surface area contributed by atoms with Gasteiger partial charge in [-0.3, -0.25) is 0 Å². The Morgan fingerprint density at radius 3 is 2.58 bits per heavy atom. The van der Waals surface area contributed by atoms with Crippen LogP contribution < -0.4 is 10.1 Å². The summed E-state index contributed by atoms with van der Waals surface area (Å²) < 4.78 is 6.12. The highest BCUT2D eigenvalue weighted by Gasteiger charge is 2.11. The molecule has 2 nitrogen and oxygen atoms in total. The zero-order valence-electron chi connectivity index (χ0n) is 12.9. The van der Waals surface area contributed by atoms with E-state index in [1.165, 1.54) is 12.0 Å². The Labute approximate surface area is 118 Å². The number of hydrogen-bond acceptors (Lipinski definition) is 2. The molecule has 0 aliphatic heterocycles. The predicted octanol–water partition coefficient (Wildman–Crippen LogP) is 4.36. The highest BCUT2D eigenvalue weighted by molar-refractivity contribution is 5.36. The highest BCUT2D eigenvalue weighted by Crippen LogP contribution is 2.29. The number of nitrogens with one attached hydrogen (secondary N) is 1. The fourth-order valence-corrected chi connectivity index (χ4v) is 2.18. The van der Waals surface area contributed by atoms with Crippen molar-refractivity contribution in [2.24, 2.45) is 0 Å². The van der Waals surface area contributed by atoms with Gasteiger partial charge in [0.05, 0.1) is 6.10 Å². The first-order valence-electron chi connectivity index (χ1n) is 7.65. The van der Waals surface area contributed by atoms with E-state index in [-0.39, 0.29) is 6.10 Å². The van der Waals surface area contributed by atoms with Crippen LogP contribution in [0.15, 0.2) is 24.3 Å². The lowest BCUT2D eigenvalue weighted by Gasteiger charge is -2.20. The standard InChI is InChI=1S/C17H29NO/c1-5-14(3)16-11-7-8-12-17(16)19-15(4)10-9-13-18-6-2/h7-8,11-12,14-15,18H,5-6,9-10,13H2,1-4H3. The average Bonchev–Trinajstić information content (AvgIpc) is 2.43. The largest absolute Gasteiger partial charge is 0.490 e. The minimum Gasteiger partial charge on any atom is -0.490 e. The van der Waals surface area contributed by atoms with Crippen molar-refractivity contribution in [2.45, 2.75) is 59.0 Å². The Balaban J connectivity index is 2.51. The van der Waals surface area contributed by atoms with Crippen LogP contribution in [0, 0.1) is 0 Å². The number of rotatable bonds is 9. The monoisotopic (exact) mass is 263 g/mol. The van der Waals surface area contributed by atoms with Gasteiger partial charge in [-0.1, -0.05) is 39.0 Å². The molecule has 0 fully saturated rings. The van der Waals surface area contributed by atoms with Gasteiger partial charge in [-0.2, -0.15) is 0 Å². The first kappa shape index (κ1) is 16.0. The Morgan fingerprint density at radius 2 is 1.89 bits per heavy atom. The molecule has 0 heterocycles. The van der Waals surface area contributed by atoms with Crippen LogP contribution in [0.3, 0.4) is 0 Å². The van der Waals surface area contributed by atoms with E-state index in [9.17, 15) is 0 Å². The molecule has 2 heteroatoms. The molecule has 1 aromatic rings. The fraction of sp³-hybridized carbons (Fsp3) is 0.647. The van der Waals surface area contributed by atoms with Crippen LogP contribution in [0.2, 0.25) is 0 Å². The number of hydrogen-bond donors (Lipinski definition) is 1. The smallest absolute Gasteiger partial charge is 0.123 e. The quantitative estimate of drug-likeness (QED) is 0.668. The Bertz CT molecular complexity index is 351. The second-order valence-electron chi connectivity index (χ2n) is 5.27. The van der Waals surface area contributed by atoms with Crippen molar-refractivity contribution in [3.8, 4) is 5.75 Å². The van der Waals surface area contributed by atoms with E-state index in [1.807, 2.05) is 0 Å². The molecule has 0 aliphatic rings. The molecule has 0 aliphatic carbocycles. The summed E-state index contributed by atoms with van der Waals surface area (Å²) in [5.74, 6) is 1.62. The molecule has 1 aromatic carbocycles. The maximum atomic E-state index is 6.12. The van der Waals surface area contributed by atoms with Gasteiger partial charge >= 0.3 is 0 Å². The van der Waals surface area contributed by atoms with E-state index in [0.29, 0.717) is 5.92 Å². The molecule has 19 heavy (non-hydrogen) atoms. The summed E-state index contributed by atoms with van der Waals surface area (Å²) >= 11 is 0. The second-order valence-corrected chi connectivity index (χ2v) is 5.27. The molecule has 0 radical (unpaired) electrons. The maximum Gasteiger partial charge on any atom is 0.123 e. The van der Waals surface area contributed by atoms with E-state index in [0.717, 1.165) is 31.7 Å². The van der Waals surface area contributed by atoms with Gasteiger partial charge in [-0.05, 0) is 56.8 Å². The lowest BCUT2D eigenvalue weighted by molar-refractivity contribution is 0.204. The molecule has 2 unspecified atom stereocenters. The normalized spacial score (nSPS) is 14.1. The minimum atomic E-state index is 0.281. The van der Waals surface area contributed by atoms with Crippen molar-refractivity contribution in [1.29, 1.82) is 0 Å². The van der Waals surface area contributed by atoms with Crippen LogP contribution in [0.1, 0.15) is 58.4 Å². The van der Waals surface area contributed by atoms with Gasteiger partial charge in [-0.25, -0.2) is 0 Å². The summed E-state index contributed by atoms with van der Waals surface area (Å²) in [6, 6.07) is 8.45. The van der Waals surface area contributed by atoms with E-state index >= 15 is 0 Å². The highest BCUT2D eigenvalue weighted by atomic mass is 16.5. The third kappa shape index (κ3) is 5.65. The van der Waals surface area contributed by atoms with Gasteiger partial charge in [0.2, 0.25) is 0 Å². The second kappa shape index (κ2) is 8.98. The van der Waals surface area contributed by atoms with Crippen LogP contribution >= 0.6 is 0 Å². The van der Waals surface area contributed by atoms with Crippen LogP contribution in [-0.2, 0) is 0 Å². The van der Waals surface area contributed by atoms with Crippen LogP contribution in [0.4, 0.5) is 0 Å². The van der Waals surface area contributed by atoms with E-state index in [2.05, 4.69) is 57.3 Å². The van der Waals surface area contributed by atoms with Crippen molar-refractivity contribution >= 4 is 0 Å². The number of para-hydroxylation sites is 1. The molecular weight excluding hydrogens is 234 g/mol. The van der Waals surface area contributed by atoms with Crippen molar-refractivity contribution in [2.75, 3.05) is 13.1 Å². The Kier molecular flexibility index (Phi) is 7.57. The third-order valence-corrected chi connectivity index (χ3v) is 3.60. The van der Waals surface area contributed by atoms with E-state index < -0.39 is 0 Å². The molecule has 2 atom stereocenters. The van der Waals surface area contributed by atoms with Gasteiger partial charge in [0.15, 0.2) is 0 Å². The number of benzene rings is 1. The SMILES string of the molecule is CCNCCCC(C)Oc1ccccc1C(C)CC. The average molecular weight is 263 g/mol. The van der Waals surface area contributed by atoms with Gasteiger partial charge in [0.1, 0.15) is 5.75 Å². The molecule has 0 amide bonds. The molecule has 0 saturated carbocycles. The molecule has 0 saturated heterocycles. The van der Waals surface area contributed by atoms with Gasteiger partial charge in [0.25, 0.3) is 0 Å². The van der Waals surface area contributed by atoms with Crippen LogP contribution in [0.25, 0.3) is 0 Å². The van der Waals surface area contributed by atoms with Crippen molar-refractivity contribution in [3.05, 3.63) is 29.8 Å². The lowest BCUT2D eigenvalue weighted by atomic mass is 9.98. The summed E-state index contributed by atoms with van der Waals surface area (Å²) in [6.07, 6.45) is 3.70. The first-order valence-corrected chi connectivity index (χ1v) is 7.65. The molecule has 1 rings (SSSR count). The molecule has 0 spiro atoms. The zero-order valence-corrected chi connectivity index (χ0v) is 12.9. The third-order valence-electron chi connectivity index (χ3n) is 3.60. The van der Waals surface area contributed by atoms with Crippen molar-refractivity contribution in [1.82, 2.24) is 5.32 Å². The number of ether oxygens (including phenoxy) is 1. The molecule has 108 valence electrons. The van der Waals surface area contributed by atoms with Crippen LogP contribution in [-0.4, -0.2) is 19.2 Å². The maximum absolute atomic E-state index is 6.12. The molecule has 0 bridgehead atoms. The summed E-state index contributed by atoms with van der Waals surface area (Å²) in [4.78, 5) is 0. The Morgan fingerprint density at radius 1 is 1.16 bits per heavy atom. The summed E-state index contributed by atoms with van der Waals surface area (Å²) in [7, 11) is 0. The van der Waals surface area contributed by atoms with Gasteiger partial charge in [-0.15, -0.1) is 0 Å². The Hall–Kier alpha value is -1.02. The van der Waals surface area contributed by atoms with Crippen LogP contribution in [0.5, 0.6) is 5.75 Å². The molecule has 1 N–H and O–H groups in total. The molecular formula is C17H29NO. The van der Waals surface area contributed by atoms with E-state index in [1.54, 1.807) is 0 Å². The van der Waals surface area contributed by atoms with Gasteiger partial charge < -0.3 is 10.1 Å². The van der Waals surface area contributed by atoms with Gasteiger partial charge in [0, 0.05) is 0 Å². The van der Waals surface area contributed by atoms with Crippen molar-refractivity contribution in [3.63, 3.8) is 0 Å². The topological polar surface area (TPSA) is 21.3 Å². The fourth-order valence-electron chi connectivity index (χ4n) is 2.18. The lowest BCUT2D eigenvalue weighted by Crippen LogP contribution is -2.18. The van der Waals surface area contributed by atoms with Crippen molar-refractivity contribution < 1.29 is 4.74 Å². The van der Waals surface area contributed by atoms with E-state index in [4.69, 9.17) is 4.74 Å². The first-order chi connectivity index (χ1) is 9.19. The minimum absolute atomic E-state index is 0.281.